The lowest BCUT2D eigenvalue weighted by molar-refractivity contribution is -0.142. The molecule has 0 aliphatic carbocycles. The zero-order valence-electron chi connectivity index (χ0n) is 11.1. The second kappa shape index (κ2) is 7.37. The first-order valence-electron chi connectivity index (χ1n) is 6.14. The second-order valence-corrected chi connectivity index (χ2v) is 4.50. The normalized spacial score (nSPS) is 11.7. The molecule has 0 spiro atoms. The van der Waals surface area contributed by atoms with Gasteiger partial charge < -0.3 is 15.2 Å². The molecule has 2 N–H and O–H groups in total. The van der Waals surface area contributed by atoms with E-state index in [0.717, 1.165) is 0 Å². The minimum Gasteiger partial charge on any atom is -0.480 e. The van der Waals surface area contributed by atoms with Crippen LogP contribution in [0.2, 0.25) is 0 Å². The first kappa shape index (κ1) is 15.8. The standard InChI is InChI=1S/C14H16FNO4/c1-9(17)2-7-12(14(19)20)16-13(18)8-10-3-5-11(15)6-4-10/h3-6,12H,2,7-8H2,1H3,(H,16,18)(H,19,20)/t12-/m1/s1. The molecule has 0 heterocycles. The maximum atomic E-state index is 12.7. The molecular formula is C14H16FNO4. The SMILES string of the molecule is CC(=O)CC[C@@H](NC(=O)Cc1ccc(F)cc1)C(=O)O. The Balaban J connectivity index is 2.55. The number of carbonyl (C=O) groups excluding carboxylic acids is 2. The monoisotopic (exact) mass is 281 g/mol. The van der Waals surface area contributed by atoms with E-state index in [-0.39, 0.29) is 25.0 Å². The molecule has 0 bridgehead atoms. The molecule has 1 amide bonds. The van der Waals surface area contributed by atoms with Crippen LogP contribution in [-0.2, 0) is 20.8 Å². The van der Waals surface area contributed by atoms with E-state index in [9.17, 15) is 18.8 Å². The number of Topliss-reactive ketones (excluding diaryl/α,β-unsaturated/α-hetero) is 1. The number of carboxylic acids is 1. The number of hydrogen-bond acceptors (Lipinski definition) is 3. The summed E-state index contributed by atoms with van der Waals surface area (Å²) >= 11 is 0. The van der Waals surface area contributed by atoms with Gasteiger partial charge in [0.25, 0.3) is 0 Å². The second-order valence-electron chi connectivity index (χ2n) is 4.50. The number of halogens is 1. The highest BCUT2D eigenvalue weighted by Gasteiger charge is 2.20. The molecule has 1 rings (SSSR count). The number of hydrogen-bond donors (Lipinski definition) is 2. The van der Waals surface area contributed by atoms with Gasteiger partial charge >= 0.3 is 5.97 Å². The maximum absolute atomic E-state index is 12.7. The third-order valence-corrected chi connectivity index (χ3v) is 2.70. The average molecular weight is 281 g/mol. The predicted octanol–water partition coefficient (Wildman–Crippen LogP) is 1.31. The summed E-state index contributed by atoms with van der Waals surface area (Å²) < 4.78 is 12.7. The minimum absolute atomic E-state index is 0.0376. The van der Waals surface area contributed by atoms with E-state index in [4.69, 9.17) is 5.11 Å². The minimum atomic E-state index is -1.18. The molecule has 1 aromatic carbocycles. The third kappa shape index (κ3) is 5.60. The molecule has 6 heteroatoms. The highest BCUT2D eigenvalue weighted by Crippen LogP contribution is 2.05. The van der Waals surface area contributed by atoms with Crippen molar-refractivity contribution in [2.75, 3.05) is 0 Å². The van der Waals surface area contributed by atoms with E-state index in [0.29, 0.717) is 5.56 Å². The molecule has 0 radical (unpaired) electrons. The summed E-state index contributed by atoms with van der Waals surface area (Å²) in [6.07, 6.45) is 0.109. The maximum Gasteiger partial charge on any atom is 0.326 e. The van der Waals surface area contributed by atoms with E-state index in [1.807, 2.05) is 0 Å². The molecule has 0 aromatic heterocycles. The number of benzene rings is 1. The molecule has 0 unspecified atom stereocenters. The zero-order chi connectivity index (χ0) is 15.1. The molecular weight excluding hydrogens is 265 g/mol. The summed E-state index contributed by atoms with van der Waals surface area (Å²) in [7, 11) is 0. The molecule has 0 aliphatic heterocycles. The Kier molecular flexibility index (Phi) is 5.83. The van der Waals surface area contributed by atoms with Gasteiger partial charge in [0.15, 0.2) is 0 Å². The third-order valence-electron chi connectivity index (χ3n) is 2.70. The molecule has 0 fully saturated rings. The fourth-order valence-corrected chi connectivity index (χ4v) is 1.64. The van der Waals surface area contributed by atoms with Gasteiger partial charge in [-0.25, -0.2) is 9.18 Å². The van der Waals surface area contributed by atoms with Crippen molar-refractivity contribution in [1.82, 2.24) is 5.32 Å². The van der Waals surface area contributed by atoms with Crippen LogP contribution in [0.1, 0.15) is 25.3 Å². The Morgan fingerprint density at radius 2 is 1.85 bits per heavy atom. The average Bonchev–Trinajstić information content (AvgIpc) is 2.36. The first-order valence-corrected chi connectivity index (χ1v) is 6.14. The largest absolute Gasteiger partial charge is 0.480 e. The first-order chi connectivity index (χ1) is 9.38. The quantitative estimate of drug-likeness (QED) is 0.789. The molecule has 1 aromatic rings. The lowest BCUT2D eigenvalue weighted by Crippen LogP contribution is -2.41. The van der Waals surface area contributed by atoms with E-state index in [2.05, 4.69) is 5.32 Å². The van der Waals surface area contributed by atoms with Crippen LogP contribution < -0.4 is 5.32 Å². The van der Waals surface area contributed by atoms with Crippen molar-refractivity contribution in [2.24, 2.45) is 0 Å². The lowest BCUT2D eigenvalue weighted by atomic mass is 10.1. The van der Waals surface area contributed by atoms with Crippen molar-refractivity contribution in [3.63, 3.8) is 0 Å². The van der Waals surface area contributed by atoms with Gasteiger partial charge in [0.2, 0.25) is 5.91 Å². The van der Waals surface area contributed by atoms with Crippen LogP contribution in [0.4, 0.5) is 4.39 Å². The van der Waals surface area contributed by atoms with Crippen molar-refractivity contribution in [3.8, 4) is 0 Å². The summed E-state index contributed by atoms with van der Waals surface area (Å²) in [5, 5.41) is 11.3. The fourth-order valence-electron chi connectivity index (χ4n) is 1.64. The number of rotatable bonds is 7. The number of amides is 1. The summed E-state index contributed by atoms with van der Waals surface area (Å²) in [5.41, 5.74) is 0.583. The Labute approximate surface area is 115 Å². The van der Waals surface area contributed by atoms with Gasteiger partial charge in [-0.1, -0.05) is 12.1 Å². The van der Waals surface area contributed by atoms with E-state index in [1.54, 1.807) is 0 Å². The number of aliphatic carboxylic acids is 1. The highest BCUT2D eigenvalue weighted by atomic mass is 19.1. The van der Waals surface area contributed by atoms with Gasteiger partial charge in [-0.2, -0.15) is 0 Å². The van der Waals surface area contributed by atoms with Gasteiger partial charge in [-0.05, 0) is 31.0 Å². The van der Waals surface area contributed by atoms with Gasteiger partial charge in [0.05, 0.1) is 6.42 Å². The summed E-state index contributed by atoms with van der Waals surface area (Å²) in [6, 6.07) is 4.28. The van der Waals surface area contributed by atoms with E-state index < -0.39 is 23.7 Å². The Morgan fingerprint density at radius 3 is 2.35 bits per heavy atom. The van der Waals surface area contributed by atoms with Crippen molar-refractivity contribution in [2.45, 2.75) is 32.2 Å². The van der Waals surface area contributed by atoms with Gasteiger partial charge in [0, 0.05) is 6.42 Å². The number of carbonyl (C=O) groups is 3. The Hall–Kier alpha value is -2.24. The summed E-state index contributed by atoms with van der Waals surface area (Å²) in [6.45, 7) is 1.36. The molecule has 0 saturated heterocycles. The molecule has 5 nitrogen and oxygen atoms in total. The van der Waals surface area contributed by atoms with Crippen LogP contribution in [0.3, 0.4) is 0 Å². The summed E-state index contributed by atoms with van der Waals surface area (Å²) in [4.78, 5) is 33.5. The smallest absolute Gasteiger partial charge is 0.326 e. The van der Waals surface area contributed by atoms with E-state index in [1.165, 1.54) is 31.2 Å². The van der Waals surface area contributed by atoms with E-state index >= 15 is 0 Å². The number of ketones is 1. The molecule has 0 saturated carbocycles. The van der Waals surface area contributed by atoms with Gasteiger partial charge in [-0.15, -0.1) is 0 Å². The molecule has 0 aliphatic rings. The highest BCUT2D eigenvalue weighted by molar-refractivity contribution is 5.85. The van der Waals surface area contributed by atoms with Crippen molar-refractivity contribution >= 4 is 17.7 Å². The number of nitrogens with one attached hydrogen (secondary N) is 1. The molecule has 1 atom stereocenters. The molecule has 20 heavy (non-hydrogen) atoms. The van der Waals surface area contributed by atoms with Crippen LogP contribution in [0, 0.1) is 5.82 Å². The van der Waals surface area contributed by atoms with Crippen LogP contribution in [0.5, 0.6) is 0 Å². The molecule has 108 valence electrons. The summed E-state index contributed by atoms with van der Waals surface area (Å²) in [5.74, 6) is -2.20. The van der Waals surface area contributed by atoms with Crippen molar-refractivity contribution in [3.05, 3.63) is 35.6 Å². The van der Waals surface area contributed by atoms with Gasteiger partial charge in [0.1, 0.15) is 17.6 Å². The predicted molar refractivity (Wildman–Crippen MR) is 69.6 cm³/mol. The van der Waals surface area contributed by atoms with Gasteiger partial charge in [-0.3, -0.25) is 4.79 Å². The van der Waals surface area contributed by atoms with Crippen LogP contribution in [0.15, 0.2) is 24.3 Å². The number of carboxylic acid groups (broad SMARTS) is 1. The fraction of sp³-hybridized carbons (Fsp3) is 0.357. The topological polar surface area (TPSA) is 83.5 Å². The Bertz CT molecular complexity index is 498. The van der Waals surface area contributed by atoms with Crippen molar-refractivity contribution in [1.29, 1.82) is 0 Å². The van der Waals surface area contributed by atoms with Crippen LogP contribution in [0.25, 0.3) is 0 Å². The van der Waals surface area contributed by atoms with Crippen LogP contribution >= 0.6 is 0 Å². The van der Waals surface area contributed by atoms with Crippen LogP contribution in [-0.4, -0.2) is 28.8 Å². The lowest BCUT2D eigenvalue weighted by Gasteiger charge is -2.13. The van der Waals surface area contributed by atoms with Crippen molar-refractivity contribution < 1.29 is 23.9 Å². The Morgan fingerprint density at radius 1 is 1.25 bits per heavy atom. The zero-order valence-corrected chi connectivity index (χ0v) is 11.1.